The number of anilines is 1. The topological polar surface area (TPSA) is 684 Å². The molecule has 0 aliphatic carbocycles. The minimum Gasteiger partial charge on any atom is -0.870 e. The van der Waals surface area contributed by atoms with Crippen LogP contribution in [0.25, 0.3) is 0 Å². The van der Waals surface area contributed by atoms with E-state index in [4.69, 9.17) is 120 Å². The molecule has 23 N–H and O–H groups in total. The van der Waals surface area contributed by atoms with Crippen LogP contribution in [0, 0.1) is 59.1 Å². The van der Waals surface area contributed by atoms with Gasteiger partial charge in [0.05, 0.1) is 170 Å². The molecular weight excluding hydrogens is 3510 g/mol. The van der Waals surface area contributed by atoms with Gasteiger partial charge >= 0.3 is 47.5 Å². The van der Waals surface area contributed by atoms with E-state index in [1.807, 2.05) is 203 Å². The Bertz CT molecular complexity index is 4270. The van der Waals surface area contributed by atoms with E-state index in [2.05, 4.69) is 63.2 Å². The van der Waals surface area contributed by atoms with E-state index in [0.717, 1.165) is 0 Å². The number of aliphatic hydroxyl groups excluding tert-OH is 11. The third-order valence-electron chi connectivity index (χ3n) is 13.4. The molecule has 0 aromatic heterocycles. The fourth-order valence-electron chi connectivity index (χ4n) is 7.94. The first-order chi connectivity index (χ1) is 56.6. The van der Waals surface area contributed by atoms with Crippen molar-refractivity contribution < 1.29 is 177 Å². The molecule has 0 bridgehead atoms. The molecule has 0 saturated carbocycles. The molecule has 127 heavy (non-hydrogen) atoms. The molecule has 4 aromatic rings. The number of hydrogen-bond acceptors (Lipinski definition) is 35. The Kier molecular flexibility index (Phi) is 86.1. The Morgan fingerprint density at radius 3 is 0.685 bits per heavy atom. The average Bonchev–Trinajstić information content (AvgIpc) is 0.754. The predicted molar refractivity (Wildman–Crippen MR) is 596 cm³/mol. The van der Waals surface area contributed by atoms with Gasteiger partial charge in [0.15, 0.2) is 12.4 Å². The van der Waals surface area contributed by atoms with Gasteiger partial charge in [-0.15, -0.1) is 24.0 Å². The summed E-state index contributed by atoms with van der Waals surface area (Å²) in [7, 11) is 0. The standard InChI is InChI=1S/C19H24I3N3O9.C17H22I3N3O8.C13H8Cl2I3NO5.C8H2Cl2I3NO2.C5H7ClO3.C3H9NO2.2CH4.I2.HI.Na.H2O/c1-7(30)33-8(2)34-17(23)11-14(20)12(18(31)24-9(3-26)4-27)16(22)13(15(11)21)19(32)25-10(5-28)6-29;1-6(28)31-15(21)9-12(18)10(16(29)22-7(2-24)3-25)14(20)11(13(9)19)17(30)23-8(4-26)5-27;1-3(20)23-4(2)24-13(19)7-9(17)5(11(14)21)8(16)6(10(7)18)12(15)22;9-7(15)1-3(11)2(8(10)16)5(13)6(14)4(1)12;1-3(5(6)8)9-4(2)7;4-3(1-5)2-6;;;1-2;;;/h8-10,23,26-29H,3-6H2,1-2H3,(H,24,31)(H,25,32);6-8,21,24-28H,2-5H2,1H3,(H,22,29)(H,23,30);4,19H,1-2H3;14H2;3H,1-2H3;3,5-6H,1-2,4H2;2*1H4;;1H;;1H2/q;;;;;;;;;;+1;/p-1/t8-;6-;4-;;3-;;;;;;;/m111.0......./s1. The summed E-state index contributed by atoms with van der Waals surface area (Å²) in [5, 5.41) is 131. The van der Waals surface area contributed by atoms with E-state index in [1.165, 1.54) is 48.5 Å². The van der Waals surface area contributed by atoms with Crippen molar-refractivity contribution in [3.63, 3.8) is 0 Å². The number of nitrogens with two attached hydrogens (primary N) is 2. The third kappa shape index (κ3) is 48.3. The number of carbonyl (C=O) groups is 12. The molecule has 39 nitrogen and oxygen atoms in total. The van der Waals surface area contributed by atoms with E-state index in [1.54, 1.807) is 67.8 Å². The fraction of sp³-hybridized carbons (Fsp3) is 0.418. The van der Waals surface area contributed by atoms with Gasteiger partial charge in [-0.3, -0.25) is 73.8 Å². The molecule has 716 valence electrons. The summed E-state index contributed by atoms with van der Waals surface area (Å²) in [6.07, 6.45) is -4.31. The van der Waals surface area contributed by atoms with Gasteiger partial charge in [0, 0.05) is 108 Å². The van der Waals surface area contributed by atoms with E-state index >= 15 is 0 Å². The maximum absolute atomic E-state index is 13.0. The Balaban J connectivity index is -0.000000235. The molecular formula is C67H82Cl5I15N9NaO30. The maximum Gasteiger partial charge on any atom is 1.00 e. The first kappa shape index (κ1) is 145. The summed E-state index contributed by atoms with van der Waals surface area (Å²) in [6, 6.07) is -4.27. The summed E-state index contributed by atoms with van der Waals surface area (Å²) in [6.45, 7) is 4.63. The SMILES string of the molecule is C.C.CC(=O)O[C@@H](C)C(=O)Cl.CC(=O)O[C@@H](C)OC(=N)c1c(I)c(C(=O)Cl)c(I)c(C(=O)Cl)c1I.CC(=O)O[C@@H](C)OC(=N)c1c(I)c(C(=O)NC(CO)CO)c(I)c(C(=O)NC(CO)CO)c1I.C[C@H](O)OC(=N)c1c(I)c(C(=O)NC(CO)CO)c(I)c(C(=O)NC(CO)CO)c1I.I.II.NC(CO)CO.Nc1c(I)c(C(=O)Cl)c(I)c(C(=O)Cl)c1I.[Na+].[OH-]. The maximum atomic E-state index is 13.0. The minimum atomic E-state index is -1.32. The second-order valence-corrected chi connectivity index (χ2v) is 37.2. The second-order valence-electron chi connectivity index (χ2n) is 22.5. The Labute approximate surface area is 979 Å². The summed E-state index contributed by atoms with van der Waals surface area (Å²) in [5.41, 5.74) is 11.9. The van der Waals surface area contributed by atoms with Crippen molar-refractivity contribution in [2.24, 2.45) is 5.73 Å². The first-order valence-electron chi connectivity index (χ1n) is 32.3. The van der Waals surface area contributed by atoms with E-state index in [9.17, 15) is 103 Å². The van der Waals surface area contributed by atoms with Gasteiger partial charge in [0.2, 0.25) is 30.3 Å². The van der Waals surface area contributed by atoms with Gasteiger partial charge in [0.25, 0.3) is 49.8 Å². The van der Waals surface area contributed by atoms with Crippen molar-refractivity contribution in [2.45, 2.75) is 119 Å². The quantitative estimate of drug-likeness (QED) is 0.00266. The monoisotopic (exact) mass is 3590 g/mol. The molecule has 0 unspecified atom stereocenters. The number of ether oxygens (including phenoxy) is 6. The number of nitrogens with one attached hydrogen (secondary N) is 7. The normalized spacial score (nSPS) is 11.0. The molecule has 0 aliphatic rings. The van der Waals surface area contributed by atoms with Crippen LogP contribution in [0.4, 0.5) is 5.69 Å². The van der Waals surface area contributed by atoms with Crippen LogP contribution in [0.2, 0.25) is 0 Å². The molecule has 0 heterocycles. The average molecular weight is 3600 g/mol. The number of carbonyl (C=O) groups excluding carboxylic acids is 12. The number of benzene rings is 4. The van der Waals surface area contributed by atoms with Crippen LogP contribution in [-0.2, 0) is 47.6 Å². The zero-order valence-electron chi connectivity index (χ0n) is 64.7. The van der Waals surface area contributed by atoms with E-state index < -0.39 is 188 Å². The summed E-state index contributed by atoms with van der Waals surface area (Å²) in [5.74, 6) is -5.93. The van der Waals surface area contributed by atoms with Crippen molar-refractivity contribution in [3.05, 3.63) is 104 Å². The van der Waals surface area contributed by atoms with Gasteiger partial charge in [-0.2, -0.15) is 0 Å². The molecule has 60 heteroatoms. The molecule has 0 aliphatic heterocycles. The van der Waals surface area contributed by atoms with Crippen LogP contribution >= 0.6 is 390 Å². The number of esters is 3. The van der Waals surface area contributed by atoms with Crippen LogP contribution in [0.3, 0.4) is 0 Å². The molecule has 4 atom stereocenters. The molecule has 0 fully saturated rings. The molecule has 0 saturated heterocycles. The molecule has 0 radical (unpaired) electrons. The van der Waals surface area contributed by atoms with Gasteiger partial charge in [0.1, 0.15) is 0 Å². The molecule has 4 rings (SSSR count). The Morgan fingerprint density at radius 1 is 0.346 bits per heavy atom. The van der Waals surface area contributed by atoms with Crippen LogP contribution in [-0.4, -0.2) is 268 Å². The van der Waals surface area contributed by atoms with Crippen molar-refractivity contribution >= 4 is 481 Å². The number of amides is 4. The Morgan fingerprint density at radius 2 is 0.528 bits per heavy atom. The molecule has 0 spiro atoms. The largest absolute Gasteiger partial charge is 1.00 e. The molecule has 4 amide bonds. The fourth-order valence-corrected chi connectivity index (χ4v) is 28.1. The van der Waals surface area contributed by atoms with Crippen molar-refractivity contribution in [1.29, 1.82) is 16.2 Å². The zero-order chi connectivity index (χ0) is 95.9. The van der Waals surface area contributed by atoms with Gasteiger partial charge in [-0.05, 0) is 343 Å². The van der Waals surface area contributed by atoms with Crippen molar-refractivity contribution in [1.82, 2.24) is 21.3 Å². The second kappa shape index (κ2) is 75.4. The number of halogens is 20. The van der Waals surface area contributed by atoms with Gasteiger partial charge < -0.3 is 123 Å². The van der Waals surface area contributed by atoms with Crippen molar-refractivity contribution in [2.75, 3.05) is 71.8 Å². The first-order valence-corrected chi connectivity index (χ1v) is 53.4. The van der Waals surface area contributed by atoms with Crippen LogP contribution in [0.5, 0.6) is 0 Å². The number of aliphatic hydroxyl groups is 11. The van der Waals surface area contributed by atoms with Crippen LogP contribution in [0.15, 0.2) is 0 Å². The molecule has 4 aromatic carbocycles. The van der Waals surface area contributed by atoms with E-state index in [0.29, 0.717) is 27.1 Å². The Hall–Kier alpha value is 2.61. The van der Waals surface area contributed by atoms with Crippen LogP contribution < -0.4 is 62.3 Å². The van der Waals surface area contributed by atoms with Crippen molar-refractivity contribution in [3.8, 4) is 0 Å². The number of rotatable bonds is 32. The third-order valence-corrected chi connectivity index (χ3v) is 27.5. The predicted octanol–water partition coefficient (Wildman–Crippen LogP) is 7.10. The smallest absolute Gasteiger partial charge is 0.870 e. The van der Waals surface area contributed by atoms with E-state index in [-0.39, 0.29) is 176 Å². The van der Waals surface area contributed by atoms with Crippen LogP contribution in [0.1, 0.15) is 163 Å². The number of hydrogen-bond donors (Lipinski definition) is 20. The van der Waals surface area contributed by atoms with Gasteiger partial charge in [-0.25, -0.2) is 0 Å². The zero-order valence-corrected chi connectivity index (χ0v) is 103. The summed E-state index contributed by atoms with van der Waals surface area (Å²) >= 11 is 53.3. The van der Waals surface area contributed by atoms with Gasteiger partial charge in [-0.1, -0.05) is 14.9 Å². The summed E-state index contributed by atoms with van der Waals surface area (Å²) in [4.78, 5) is 140. The number of nitrogen functional groups attached to an aromatic ring is 1. The summed E-state index contributed by atoms with van der Waals surface area (Å²) < 4.78 is 33.6. The minimum absolute atomic E-state index is 0.